The van der Waals surface area contributed by atoms with Crippen molar-refractivity contribution in [1.82, 2.24) is 4.57 Å². The molecule has 5 heteroatoms. The van der Waals surface area contributed by atoms with E-state index in [9.17, 15) is 8.42 Å². The first-order valence-electron chi connectivity index (χ1n) is 5.03. The summed E-state index contributed by atoms with van der Waals surface area (Å²) in [5.41, 5.74) is 0.855. The summed E-state index contributed by atoms with van der Waals surface area (Å²) in [4.78, 5) is 0. The smallest absolute Gasteiger partial charge is 0.150 e. The van der Waals surface area contributed by atoms with E-state index < -0.39 is 9.84 Å². The number of aliphatic hydroxyl groups excluding tert-OH is 1. The number of rotatable bonds is 6. The highest BCUT2D eigenvalue weighted by molar-refractivity contribution is 7.91. The van der Waals surface area contributed by atoms with Gasteiger partial charge in [-0.15, -0.1) is 0 Å². The van der Waals surface area contributed by atoms with Crippen LogP contribution in [0, 0.1) is 0 Å². The number of hydrogen-bond donors (Lipinski definition) is 1. The third kappa shape index (κ3) is 4.05. The lowest BCUT2D eigenvalue weighted by atomic mass is 10.4. The van der Waals surface area contributed by atoms with E-state index >= 15 is 0 Å². The maximum atomic E-state index is 11.2. The second-order valence-electron chi connectivity index (χ2n) is 3.51. The average molecular weight is 231 g/mol. The number of hydrogen-bond acceptors (Lipinski definition) is 3. The zero-order valence-corrected chi connectivity index (χ0v) is 9.70. The summed E-state index contributed by atoms with van der Waals surface area (Å²) in [6.45, 7) is 2.37. The molecular weight excluding hydrogens is 214 g/mol. The maximum absolute atomic E-state index is 11.2. The molecule has 0 radical (unpaired) electrons. The molecule has 0 saturated heterocycles. The van der Waals surface area contributed by atoms with E-state index in [1.165, 1.54) is 0 Å². The first-order chi connectivity index (χ1) is 7.07. The normalized spacial score (nSPS) is 11.9. The fourth-order valence-electron chi connectivity index (χ4n) is 1.33. The van der Waals surface area contributed by atoms with E-state index in [0.29, 0.717) is 13.0 Å². The molecule has 0 bridgehead atoms. The van der Waals surface area contributed by atoms with Gasteiger partial charge in [0.25, 0.3) is 0 Å². The molecule has 0 unspecified atom stereocenters. The molecule has 0 fully saturated rings. The van der Waals surface area contributed by atoms with Gasteiger partial charge in [-0.1, -0.05) is 6.92 Å². The molecule has 1 heterocycles. The Bertz CT molecular complexity index is 395. The molecule has 1 N–H and O–H groups in total. The lowest BCUT2D eigenvalue weighted by Crippen LogP contribution is -2.10. The minimum absolute atomic E-state index is 0.0280. The Morgan fingerprint density at radius 1 is 1.47 bits per heavy atom. The highest BCUT2D eigenvalue weighted by Crippen LogP contribution is 2.03. The summed E-state index contributed by atoms with van der Waals surface area (Å²) in [5, 5.41) is 8.83. The van der Waals surface area contributed by atoms with Crippen LogP contribution in [0.2, 0.25) is 0 Å². The van der Waals surface area contributed by atoms with E-state index in [1.54, 1.807) is 6.92 Å². The van der Waals surface area contributed by atoms with Gasteiger partial charge in [0, 0.05) is 24.7 Å². The van der Waals surface area contributed by atoms with Crippen LogP contribution in [0.15, 0.2) is 18.5 Å². The highest BCUT2D eigenvalue weighted by Gasteiger charge is 2.06. The molecule has 0 aliphatic carbocycles. The molecule has 86 valence electrons. The topological polar surface area (TPSA) is 59.3 Å². The maximum Gasteiger partial charge on any atom is 0.150 e. The van der Waals surface area contributed by atoms with Gasteiger partial charge in [0.05, 0.1) is 12.4 Å². The molecule has 1 rings (SSSR count). The van der Waals surface area contributed by atoms with Crippen LogP contribution in [0.1, 0.15) is 18.9 Å². The number of nitrogens with zero attached hydrogens (tertiary/aromatic N) is 1. The van der Waals surface area contributed by atoms with E-state index in [-0.39, 0.29) is 18.1 Å². The Morgan fingerprint density at radius 3 is 2.73 bits per heavy atom. The van der Waals surface area contributed by atoms with Gasteiger partial charge in [0.15, 0.2) is 0 Å². The van der Waals surface area contributed by atoms with Crippen LogP contribution in [0.3, 0.4) is 0 Å². The molecule has 1 aromatic heterocycles. The Labute approximate surface area is 90.5 Å². The Balaban J connectivity index is 2.38. The Hall–Kier alpha value is -0.810. The fraction of sp³-hybridized carbons (Fsp3) is 0.600. The third-order valence-corrected chi connectivity index (χ3v) is 4.10. The number of aliphatic hydroxyl groups is 1. The van der Waals surface area contributed by atoms with E-state index in [4.69, 9.17) is 5.11 Å². The molecule has 0 spiro atoms. The SMILES string of the molecule is CCS(=O)(=O)CCCn1ccc(CO)c1. The van der Waals surface area contributed by atoms with Crippen molar-refractivity contribution in [3.05, 3.63) is 24.0 Å². The van der Waals surface area contributed by atoms with Crippen molar-refractivity contribution in [3.63, 3.8) is 0 Å². The second kappa shape index (κ2) is 5.32. The molecule has 4 nitrogen and oxygen atoms in total. The van der Waals surface area contributed by atoms with Crippen molar-refractivity contribution in [2.45, 2.75) is 26.5 Å². The number of aromatic nitrogens is 1. The summed E-state index contributed by atoms with van der Waals surface area (Å²) in [7, 11) is -2.85. The largest absolute Gasteiger partial charge is 0.392 e. The molecule has 15 heavy (non-hydrogen) atoms. The molecule has 0 saturated carbocycles. The van der Waals surface area contributed by atoms with Crippen molar-refractivity contribution >= 4 is 9.84 Å². The Morgan fingerprint density at radius 2 is 2.20 bits per heavy atom. The fourth-order valence-corrected chi connectivity index (χ4v) is 2.19. The summed E-state index contributed by atoms with van der Waals surface area (Å²) < 4.78 is 24.3. The van der Waals surface area contributed by atoms with Crippen molar-refractivity contribution in [3.8, 4) is 0 Å². The summed E-state index contributed by atoms with van der Waals surface area (Å²) in [6.07, 6.45) is 4.30. The van der Waals surface area contributed by atoms with Gasteiger partial charge in [-0.3, -0.25) is 0 Å². The average Bonchev–Trinajstić information content (AvgIpc) is 2.66. The lowest BCUT2D eigenvalue weighted by molar-refractivity contribution is 0.281. The van der Waals surface area contributed by atoms with Crippen molar-refractivity contribution in [2.24, 2.45) is 0 Å². The standard InChI is InChI=1S/C10H17NO3S/c1-2-15(13,14)7-3-5-11-6-4-10(8-11)9-12/h4,6,8,12H,2-3,5,7,9H2,1H3. The highest BCUT2D eigenvalue weighted by atomic mass is 32.2. The van der Waals surface area contributed by atoms with Crippen LogP contribution < -0.4 is 0 Å². The van der Waals surface area contributed by atoms with Crippen LogP contribution >= 0.6 is 0 Å². The van der Waals surface area contributed by atoms with Gasteiger partial charge in [-0.05, 0) is 18.1 Å². The van der Waals surface area contributed by atoms with Crippen LogP contribution in [0.5, 0.6) is 0 Å². The summed E-state index contributed by atoms with van der Waals surface area (Å²) >= 11 is 0. The number of aryl methyl sites for hydroxylation is 1. The van der Waals surface area contributed by atoms with Crippen LogP contribution in [0.25, 0.3) is 0 Å². The van der Waals surface area contributed by atoms with Gasteiger partial charge in [0.2, 0.25) is 0 Å². The van der Waals surface area contributed by atoms with Crippen LogP contribution in [-0.2, 0) is 23.0 Å². The minimum Gasteiger partial charge on any atom is -0.392 e. The Kier molecular flexibility index (Phi) is 4.35. The summed E-state index contributed by atoms with van der Waals surface area (Å²) in [6, 6.07) is 1.83. The predicted molar refractivity (Wildman–Crippen MR) is 59.3 cm³/mol. The van der Waals surface area contributed by atoms with E-state index in [2.05, 4.69) is 0 Å². The molecule has 0 amide bonds. The van der Waals surface area contributed by atoms with Gasteiger partial charge in [-0.2, -0.15) is 0 Å². The van der Waals surface area contributed by atoms with Crippen molar-refractivity contribution in [2.75, 3.05) is 11.5 Å². The lowest BCUT2D eigenvalue weighted by Gasteiger charge is -2.02. The molecule has 0 atom stereocenters. The van der Waals surface area contributed by atoms with E-state index in [0.717, 1.165) is 5.56 Å². The van der Waals surface area contributed by atoms with Gasteiger partial charge in [0.1, 0.15) is 9.84 Å². The van der Waals surface area contributed by atoms with E-state index in [1.807, 2.05) is 23.0 Å². The molecular formula is C10H17NO3S. The van der Waals surface area contributed by atoms with Crippen molar-refractivity contribution < 1.29 is 13.5 Å². The van der Waals surface area contributed by atoms with Crippen molar-refractivity contribution in [1.29, 1.82) is 0 Å². The molecule has 1 aromatic rings. The van der Waals surface area contributed by atoms with Gasteiger partial charge < -0.3 is 9.67 Å². The number of sulfone groups is 1. The quantitative estimate of drug-likeness (QED) is 0.788. The monoisotopic (exact) mass is 231 g/mol. The summed E-state index contributed by atoms with van der Waals surface area (Å²) in [5.74, 6) is 0.441. The zero-order chi connectivity index (χ0) is 11.3. The van der Waals surface area contributed by atoms with Crippen LogP contribution in [0.4, 0.5) is 0 Å². The van der Waals surface area contributed by atoms with Gasteiger partial charge in [-0.25, -0.2) is 8.42 Å². The molecule has 0 aliphatic heterocycles. The second-order valence-corrected chi connectivity index (χ2v) is 5.98. The zero-order valence-electron chi connectivity index (χ0n) is 8.89. The minimum atomic E-state index is -2.85. The first kappa shape index (κ1) is 12.3. The van der Waals surface area contributed by atoms with Crippen LogP contribution in [-0.4, -0.2) is 29.6 Å². The van der Waals surface area contributed by atoms with Gasteiger partial charge >= 0.3 is 0 Å². The molecule has 0 aliphatic rings. The third-order valence-electron chi connectivity index (χ3n) is 2.31. The predicted octanol–water partition coefficient (Wildman–Crippen LogP) is 0.805. The molecule has 0 aromatic carbocycles. The first-order valence-corrected chi connectivity index (χ1v) is 6.85.